The van der Waals surface area contributed by atoms with Crippen LogP contribution in [0.1, 0.15) is 20.7 Å². The molecule has 5 nitrogen and oxygen atoms in total. The highest BCUT2D eigenvalue weighted by Crippen LogP contribution is 2.21. The predicted octanol–water partition coefficient (Wildman–Crippen LogP) is 2.64. The van der Waals surface area contributed by atoms with Gasteiger partial charge >= 0.3 is 6.61 Å². The SMILES string of the molecule is NC(=O)c1ccc(NC(=O)c2ccccc2OC(F)F)cc1. The number of nitrogens with one attached hydrogen (secondary N) is 1. The van der Waals surface area contributed by atoms with Gasteiger partial charge in [0.1, 0.15) is 5.75 Å². The molecule has 0 unspecified atom stereocenters. The summed E-state index contributed by atoms with van der Waals surface area (Å²) in [6, 6.07) is 11.5. The van der Waals surface area contributed by atoms with Crippen molar-refractivity contribution in [1.29, 1.82) is 0 Å². The molecule has 0 saturated carbocycles. The quantitative estimate of drug-likeness (QED) is 0.891. The molecule has 2 aromatic carbocycles. The van der Waals surface area contributed by atoms with E-state index in [4.69, 9.17) is 5.73 Å². The zero-order valence-electron chi connectivity index (χ0n) is 11.3. The Morgan fingerprint density at radius 1 is 1.05 bits per heavy atom. The Balaban J connectivity index is 2.17. The number of hydrogen-bond donors (Lipinski definition) is 2. The van der Waals surface area contributed by atoms with Gasteiger partial charge in [-0.25, -0.2) is 0 Å². The largest absolute Gasteiger partial charge is 0.434 e. The Morgan fingerprint density at radius 3 is 2.27 bits per heavy atom. The van der Waals surface area contributed by atoms with Crippen LogP contribution in [0, 0.1) is 0 Å². The number of ether oxygens (including phenoxy) is 1. The molecule has 7 heteroatoms. The summed E-state index contributed by atoms with van der Waals surface area (Å²) in [6.07, 6.45) is 0. The summed E-state index contributed by atoms with van der Waals surface area (Å²) in [4.78, 5) is 23.1. The van der Waals surface area contributed by atoms with Crippen LogP contribution in [0.2, 0.25) is 0 Å². The van der Waals surface area contributed by atoms with Crippen LogP contribution in [0.5, 0.6) is 5.75 Å². The van der Waals surface area contributed by atoms with Crippen molar-refractivity contribution in [3.8, 4) is 5.75 Å². The van der Waals surface area contributed by atoms with Crippen LogP contribution in [0.15, 0.2) is 48.5 Å². The molecule has 0 atom stereocenters. The number of alkyl halides is 2. The minimum Gasteiger partial charge on any atom is -0.434 e. The van der Waals surface area contributed by atoms with E-state index < -0.39 is 18.4 Å². The van der Waals surface area contributed by atoms with Gasteiger partial charge in [0, 0.05) is 11.3 Å². The van der Waals surface area contributed by atoms with E-state index in [1.54, 1.807) is 0 Å². The lowest BCUT2D eigenvalue weighted by atomic mass is 10.1. The maximum absolute atomic E-state index is 12.3. The number of carbonyl (C=O) groups is 2. The van der Waals surface area contributed by atoms with Crippen LogP contribution in [-0.2, 0) is 0 Å². The van der Waals surface area contributed by atoms with Crippen molar-refractivity contribution in [2.45, 2.75) is 6.61 Å². The lowest BCUT2D eigenvalue weighted by Crippen LogP contribution is -2.15. The number of anilines is 1. The van der Waals surface area contributed by atoms with Crippen LogP contribution in [0.3, 0.4) is 0 Å². The molecule has 22 heavy (non-hydrogen) atoms. The van der Waals surface area contributed by atoms with Crippen LogP contribution in [0.4, 0.5) is 14.5 Å². The molecule has 0 bridgehead atoms. The van der Waals surface area contributed by atoms with Crippen molar-refractivity contribution in [3.05, 3.63) is 59.7 Å². The van der Waals surface area contributed by atoms with Crippen molar-refractivity contribution >= 4 is 17.5 Å². The lowest BCUT2D eigenvalue weighted by molar-refractivity contribution is -0.0501. The standard InChI is InChI=1S/C15H12F2N2O3/c16-15(17)22-12-4-2-1-3-11(12)14(21)19-10-7-5-9(6-8-10)13(18)20/h1-8,15H,(H2,18,20)(H,19,21). The molecule has 0 radical (unpaired) electrons. The highest BCUT2D eigenvalue weighted by Gasteiger charge is 2.15. The summed E-state index contributed by atoms with van der Waals surface area (Å²) < 4.78 is 28.9. The van der Waals surface area contributed by atoms with Crippen molar-refractivity contribution in [2.75, 3.05) is 5.32 Å². The molecule has 0 aliphatic heterocycles. The number of halogens is 2. The maximum atomic E-state index is 12.3. The maximum Gasteiger partial charge on any atom is 0.387 e. The summed E-state index contributed by atoms with van der Waals surface area (Å²) in [5, 5.41) is 2.52. The van der Waals surface area contributed by atoms with E-state index in [-0.39, 0.29) is 11.3 Å². The first-order chi connectivity index (χ1) is 10.5. The van der Waals surface area contributed by atoms with Crippen LogP contribution in [0.25, 0.3) is 0 Å². The Bertz CT molecular complexity index is 687. The Morgan fingerprint density at radius 2 is 1.68 bits per heavy atom. The Hall–Kier alpha value is -2.96. The van der Waals surface area contributed by atoms with E-state index >= 15 is 0 Å². The van der Waals surface area contributed by atoms with Crippen LogP contribution < -0.4 is 15.8 Å². The lowest BCUT2D eigenvalue weighted by Gasteiger charge is -2.11. The van der Waals surface area contributed by atoms with Crippen molar-refractivity contribution in [1.82, 2.24) is 0 Å². The highest BCUT2D eigenvalue weighted by molar-refractivity contribution is 6.06. The molecular weight excluding hydrogens is 294 g/mol. The molecular formula is C15H12F2N2O3. The van der Waals surface area contributed by atoms with E-state index in [2.05, 4.69) is 10.1 Å². The number of amides is 2. The fourth-order valence-corrected chi connectivity index (χ4v) is 1.77. The zero-order valence-corrected chi connectivity index (χ0v) is 11.3. The number of benzene rings is 2. The number of rotatable bonds is 5. The number of primary amides is 1. The van der Waals surface area contributed by atoms with E-state index in [1.165, 1.54) is 48.5 Å². The molecule has 0 saturated heterocycles. The summed E-state index contributed by atoms with van der Waals surface area (Å²) in [5.74, 6) is -1.42. The number of hydrogen-bond acceptors (Lipinski definition) is 3. The Kier molecular flexibility index (Phi) is 4.67. The third kappa shape index (κ3) is 3.78. The average molecular weight is 306 g/mol. The van der Waals surface area contributed by atoms with E-state index in [1.807, 2.05) is 0 Å². The molecule has 0 aliphatic rings. The van der Waals surface area contributed by atoms with Crippen LogP contribution in [-0.4, -0.2) is 18.4 Å². The molecule has 0 aromatic heterocycles. The minimum absolute atomic E-state index is 0.0261. The third-order valence-corrected chi connectivity index (χ3v) is 2.78. The van der Waals surface area contributed by atoms with Gasteiger partial charge in [-0.2, -0.15) is 8.78 Å². The van der Waals surface area contributed by atoms with Crippen molar-refractivity contribution < 1.29 is 23.1 Å². The summed E-state index contributed by atoms with van der Waals surface area (Å²) in [7, 11) is 0. The van der Waals surface area contributed by atoms with Gasteiger partial charge in [0.05, 0.1) is 5.56 Å². The van der Waals surface area contributed by atoms with Gasteiger partial charge in [0.25, 0.3) is 5.91 Å². The van der Waals surface area contributed by atoms with E-state index in [0.29, 0.717) is 11.3 Å². The summed E-state index contributed by atoms with van der Waals surface area (Å²) in [6.45, 7) is -3.02. The summed E-state index contributed by atoms with van der Waals surface area (Å²) in [5.41, 5.74) is 5.76. The molecule has 0 heterocycles. The first-order valence-electron chi connectivity index (χ1n) is 6.22. The molecule has 114 valence electrons. The molecule has 2 amide bonds. The van der Waals surface area contributed by atoms with Crippen molar-refractivity contribution in [3.63, 3.8) is 0 Å². The van der Waals surface area contributed by atoms with Gasteiger partial charge in [0.15, 0.2) is 0 Å². The van der Waals surface area contributed by atoms with Crippen molar-refractivity contribution in [2.24, 2.45) is 5.73 Å². The minimum atomic E-state index is -3.02. The first kappa shape index (κ1) is 15.4. The Labute approximate surface area is 124 Å². The van der Waals surface area contributed by atoms with Gasteiger partial charge in [0.2, 0.25) is 5.91 Å². The second-order valence-electron chi connectivity index (χ2n) is 4.27. The molecule has 2 aromatic rings. The zero-order chi connectivity index (χ0) is 16.1. The summed E-state index contributed by atoms with van der Waals surface area (Å²) >= 11 is 0. The highest BCUT2D eigenvalue weighted by atomic mass is 19.3. The second-order valence-corrected chi connectivity index (χ2v) is 4.27. The molecule has 3 N–H and O–H groups in total. The monoisotopic (exact) mass is 306 g/mol. The predicted molar refractivity (Wildman–Crippen MR) is 76.0 cm³/mol. The van der Waals surface area contributed by atoms with Gasteiger partial charge in [-0.15, -0.1) is 0 Å². The first-order valence-corrected chi connectivity index (χ1v) is 6.22. The number of carbonyl (C=O) groups excluding carboxylic acids is 2. The second kappa shape index (κ2) is 6.66. The smallest absolute Gasteiger partial charge is 0.387 e. The van der Waals surface area contributed by atoms with Gasteiger partial charge in [-0.1, -0.05) is 12.1 Å². The van der Waals surface area contributed by atoms with Gasteiger partial charge < -0.3 is 15.8 Å². The van der Waals surface area contributed by atoms with E-state index in [9.17, 15) is 18.4 Å². The molecule has 0 spiro atoms. The van der Waals surface area contributed by atoms with Crippen LogP contribution >= 0.6 is 0 Å². The fourth-order valence-electron chi connectivity index (χ4n) is 1.77. The van der Waals surface area contributed by atoms with E-state index in [0.717, 1.165) is 0 Å². The molecule has 0 fully saturated rings. The number of para-hydroxylation sites is 1. The molecule has 0 aliphatic carbocycles. The topological polar surface area (TPSA) is 81.4 Å². The third-order valence-electron chi connectivity index (χ3n) is 2.78. The van der Waals surface area contributed by atoms with Gasteiger partial charge in [-0.05, 0) is 36.4 Å². The van der Waals surface area contributed by atoms with Gasteiger partial charge in [-0.3, -0.25) is 9.59 Å². The molecule has 2 rings (SSSR count). The normalized spacial score (nSPS) is 10.3. The average Bonchev–Trinajstić information content (AvgIpc) is 2.47. The number of nitrogens with two attached hydrogens (primary N) is 1. The fraction of sp³-hybridized carbons (Fsp3) is 0.0667.